The number of nitrogens with zero attached hydrogens (tertiary/aromatic N) is 1. The second-order valence-corrected chi connectivity index (χ2v) is 7.14. The van der Waals surface area contributed by atoms with Crippen LogP contribution in [0.1, 0.15) is 38.8 Å². The highest BCUT2D eigenvalue weighted by molar-refractivity contribution is 5.23. The number of morpholine rings is 1. The van der Waals surface area contributed by atoms with Crippen LogP contribution in [0.2, 0.25) is 0 Å². The fourth-order valence-electron chi connectivity index (χ4n) is 2.62. The van der Waals surface area contributed by atoms with Crippen LogP contribution in [-0.4, -0.2) is 42.8 Å². The van der Waals surface area contributed by atoms with Crippen molar-refractivity contribution in [2.24, 2.45) is 0 Å². The predicted octanol–water partition coefficient (Wildman–Crippen LogP) is 2.84. The second-order valence-electron chi connectivity index (χ2n) is 7.14. The third-order valence-electron chi connectivity index (χ3n) is 3.98. The van der Waals surface area contributed by atoms with Crippen molar-refractivity contribution in [3.8, 4) is 0 Å². The molecule has 2 rings (SSSR count). The first kappa shape index (κ1) is 16.5. The van der Waals surface area contributed by atoms with Crippen LogP contribution in [-0.2, 0) is 17.7 Å². The summed E-state index contributed by atoms with van der Waals surface area (Å²) in [5.41, 5.74) is 3.01. The first-order valence-corrected chi connectivity index (χ1v) is 8.09. The fourth-order valence-corrected chi connectivity index (χ4v) is 2.62. The largest absolute Gasteiger partial charge is 0.379 e. The SMILES string of the molecule is CC1COCCN1Cc1ccc(CCNC(C)(C)C)cc1. The van der Waals surface area contributed by atoms with E-state index in [9.17, 15) is 0 Å². The standard InChI is InChI=1S/C18H30N2O/c1-15-14-21-12-11-20(15)13-17-7-5-16(6-8-17)9-10-19-18(2,3)4/h5-8,15,19H,9-14H2,1-4H3. The summed E-state index contributed by atoms with van der Waals surface area (Å²) >= 11 is 0. The molecule has 0 bridgehead atoms. The molecule has 0 aliphatic carbocycles. The molecule has 0 aromatic heterocycles. The molecule has 1 atom stereocenters. The van der Waals surface area contributed by atoms with Gasteiger partial charge in [-0.05, 0) is 51.8 Å². The highest BCUT2D eigenvalue weighted by Gasteiger charge is 2.18. The molecule has 1 aliphatic rings. The van der Waals surface area contributed by atoms with Crippen LogP contribution in [0.5, 0.6) is 0 Å². The van der Waals surface area contributed by atoms with Gasteiger partial charge in [0.25, 0.3) is 0 Å². The molecular weight excluding hydrogens is 260 g/mol. The van der Waals surface area contributed by atoms with Crippen molar-refractivity contribution in [2.45, 2.75) is 52.2 Å². The summed E-state index contributed by atoms with van der Waals surface area (Å²) in [5.74, 6) is 0. The van der Waals surface area contributed by atoms with Crippen LogP contribution in [0.4, 0.5) is 0 Å². The van der Waals surface area contributed by atoms with Crippen molar-refractivity contribution >= 4 is 0 Å². The van der Waals surface area contributed by atoms with Gasteiger partial charge < -0.3 is 10.1 Å². The number of nitrogens with one attached hydrogen (secondary N) is 1. The third kappa shape index (κ3) is 5.77. The summed E-state index contributed by atoms with van der Waals surface area (Å²) in [4.78, 5) is 2.50. The molecule has 118 valence electrons. The lowest BCUT2D eigenvalue weighted by Crippen LogP contribution is -2.42. The second kappa shape index (κ2) is 7.39. The molecular formula is C18H30N2O. The molecule has 1 aromatic rings. The lowest BCUT2D eigenvalue weighted by atomic mass is 10.1. The Morgan fingerprint density at radius 2 is 1.86 bits per heavy atom. The number of rotatable bonds is 5. The van der Waals surface area contributed by atoms with Crippen molar-refractivity contribution in [1.82, 2.24) is 10.2 Å². The Hall–Kier alpha value is -0.900. The average molecular weight is 290 g/mol. The van der Waals surface area contributed by atoms with Crippen LogP contribution < -0.4 is 5.32 Å². The highest BCUT2D eigenvalue weighted by Crippen LogP contribution is 2.13. The minimum atomic E-state index is 0.201. The molecule has 1 aliphatic heterocycles. The van der Waals surface area contributed by atoms with E-state index in [-0.39, 0.29) is 5.54 Å². The average Bonchev–Trinajstić information content (AvgIpc) is 2.42. The first-order chi connectivity index (χ1) is 9.94. The summed E-state index contributed by atoms with van der Waals surface area (Å²) in [6.45, 7) is 13.7. The zero-order valence-electron chi connectivity index (χ0n) is 14.0. The molecule has 21 heavy (non-hydrogen) atoms. The monoisotopic (exact) mass is 290 g/mol. The van der Waals surface area contributed by atoms with E-state index >= 15 is 0 Å². The predicted molar refractivity (Wildman–Crippen MR) is 88.6 cm³/mol. The van der Waals surface area contributed by atoms with Gasteiger partial charge in [-0.3, -0.25) is 4.90 Å². The van der Waals surface area contributed by atoms with Gasteiger partial charge in [0.2, 0.25) is 0 Å². The van der Waals surface area contributed by atoms with Gasteiger partial charge in [-0.1, -0.05) is 24.3 Å². The first-order valence-electron chi connectivity index (χ1n) is 8.09. The van der Waals surface area contributed by atoms with Gasteiger partial charge in [-0.15, -0.1) is 0 Å². The smallest absolute Gasteiger partial charge is 0.0619 e. The fraction of sp³-hybridized carbons (Fsp3) is 0.667. The van der Waals surface area contributed by atoms with E-state index in [0.717, 1.165) is 39.3 Å². The number of hydrogen-bond acceptors (Lipinski definition) is 3. The zero-order chi connectivity index (χ0) is 15.3. The maximum Gasteiger partial charge on any atom is 0.0619 e. The molecule has 0 spiro atoms. The molecule has 0 radical (unpaired) electrons. The van der Waals surface area contributed by atoms with Crippen LogP contribution in [0.3, 0.4) is 0 Å². The Morgan fingerprint density at radius 1 is 1.19 bits per heavy atom. The molecule has 1 unspecified atom stereocenters. The van der Waals surface area contributed by atoms with Crippen molar-refractivity contribution in [3.05, 3.63) is 35.4 Å². The minimum absolute atomic E-state index is 0.201. The van der Waals surface area contributed by atoms with Gasteiger partial charge in [0.15, 0.2) is 0 Å². The van der Waals surface area contributed by atoms with Crippen molar-refractivity contribution in [3.63, 3.8) is 0 Å². The van der Waals surface area contributed by atoms with Crippen molar-refractivity contribution in [1.29, 1.82) is 0 Å². The van der Waals surface area contributed by atoms with Gasteiger partial charge in [-0.25, -0.2) is 0 Å². The summed E-state index contributed by atoms with van der Waals surface area (Å²) in [6.07, 6.45) is 1.09. The molecule has 3 nitrogen and oxygen atoms in total. The Kier molecular flexibility index (Phi) is 5.80. The van der Waals surface area contributed by atoms with Gasteiger partial charge in [0.1, 0.15) is 0 Å². The number of ether oxygens (including phenoxy) is 1. The molecule has 0 saturated carbocycles. The molecule has 1 saturated heterocycles. The van der Waals surface area contributed by atoms with Crippen LogP contribution in [0.25, 0.3) is 0 Å². The Bertz CT molecular complexity index is 422. The quantitative estimate of drug-likeness (QED) is 0.902. The Balaban J connectivity index is 1.81. The molecule has 1 fully saturated rings. The van der Waals surface area contributed by atoms with Gasteiger partial charge in [-0.2, -0.15) is 0 Å². The molecule has 1 N–H and O–H groups in total. The zero-order valence-corrected chi connectivity index (χ0v) is 14.0. The normalized spacial score (nSPS) is 20.7. The van der Waals surface area contributed by atoms with E-state index in [0.29, 0.717) is 6.04 Å². The number of benzene rings is 1. The highest BCUT2D eigenvalue weighted by atomic mass is 16.5. The van der Waals surface area contributed by atoms with E-state index < -0.39 is 0 Å². The molecule has 1 aromatic carbocycles. The van der Waals surface area contributed by atoms with Crippen LogP contribution >= 0.6 is 0 Å². The Morgan fingerprint density at radius 3 is 2.48 bits per heavy atom. The lowest BCUT2D eigenvalue weighted by Gasteiger charge is -2.33. The van der Waals surface area contributed by atoms with Gasteiger partial charge in [0.05, 0.1) is 13.2 Å². The lowest BCUT2D eigenvalue weighted by molar-refractivity contribution is -0.00437. The minimum Gasteiger partial charge on any atom is -0.379 e. The van der Waals surface area contributed by atoms with Crippen LogP contribution in [0, 0.1) is 0 Å². The van der Waals surface area contributed by atoms with E-state index in [2.05, 4.69) is 62.2 Å². The molecule has 1 heterocycles. The topological polar surface area (TPSA) is 24.5 Å². The van der Waals surface area contributed by atoms with Crippen molar-refractivity contribution in [2.75, 3.05) is 26.3 Å². The summed E-state index contributed by atoms with van der Waals surface area (Å²) in [5, 5.41) is 3.53. The molecule has 3 heteroatoms. The summed E-state index contributed by atoms with van der Waals surface area (Å²) < 4.78 is 5.49. The van der Waals surface area contributed by atoms with E-state index in [1.165, 1.54) is 11.1 Å². The third-order valence-corrected chi connectivity index (χ3v) is 3.98. The van der Waals surface area contributed by atoms with E-state index in [4.69, 9.17) is 4.74 Å². The van der Waals surface area contributed by atoms with Crippen molar-refractivity contribution < 1.29 is 4.74 Å². The van der Waals surface area contributed by atoms with E-state index in [1.54, 1.807) is 0 Å². The maximum atomic E-state index is 5.49. The molecule has 0 amide bonds. The van der Waals surface area contributed by atoms with Crippen LogP contribution in [0.15, 0.2) is 24.3 Å². The van der Waals surface area contributed by atoms with Gasteiger partial charge in [0, 0.05) is 24.7 Å². The Labute approximate surface area is 129 Å². The van der Waals surface area contributed by atoms with E-state index in [1.807, 2.05) is 0 Å². The summed E-state index contributed by atoms with van der Waals surface area (Å²) in [7, 11) is 0. The van der Waals surface area contributed by atoms with Gasteiger partial charge >= 0.3 is 0 Å². The summed E-state index contributed by atoms with van der Waals surface area (Å²) in [6, 6.07) is 9.60. The number of hydrogen-bond donors (Lipinski definition) is 1. The maximum absolute atomic E-state index is 5.49.